The lowest BCUT2D eigenvalue weighted by atomic mass is 9.54. The van der Waals surface area contributed by atoms with Gasteiger partial charge >= 0.3 is 0 Å². The van der Waals surface area contributed by atoms with E-state index < -0.39 is 0 Å². The Morgan fingerprint density at radius 1 is 1.12 bits per heavy atom. The Bertz CT molecular complexity index is 287. The van der Waals surface area contributed by atoms with Crippen LogP contribution >= 0.6 is 12.2 Å². The molecule has 4 fully saturated rings. The number of aliphatic imine (C=N–C) groups is 1. The summed E-state index contributed by atoms with van der Waals surface area (Å²) in [5.74, 6) is 2.88. The smallest absolute Gasteiger partial charge is 0.0727 e. The van der Waals surface area contributed by atoms with Crippen LogP contribution in [0.3, 0.4) is 0 Å². The van der Waals surface area contributed by atoms with Crippen LogP contribution in [0.4, 0.5) is 0 Å². The van der Waals surface area contributed by atoms with E-state index in [0.717, 1.165) is 24.4 Å². The van der Waals surface area contributed by atoms with Crippen LogP contribution in [-0.2, 0) is 4.74 Å². The van der Waals surface area contributed by atoms with E-state index in [2.05, 4.69) is 22.4 Å². The highest BCUT2D eigenvalue weighted by molar-refractivity contribution is 7.78. The van der Waals surface area contributed by atoms with Gasteiger partial charge in [-0.2, -0.15) is 0 Å². The second-order valence-electron chi connectivity index (χ2n) is 5.92. The maximum atomic E-state index is 6.16. The monoisotopic (exact) mass is 237 g/mol. The fraction of sp³-hybridized carbons (Fsp3) is 0.923. The van der Waals surface area contributed by atoms with E-state index in [1.165, 1.54) is 38.5 Å². The minimum absolute atomic E-state index is 0.228. The molecule has 0 aromatic carbocycles. The Labute approximate surface area is 102 Å². The van der Waals surface area contributed by atoms with Gasteiger partial charge in [0.05, 0.1) is 23.9 Å². The lowest BCUT2D eigenvalue weighted by Gasteiger charge is -2.56. The third-order valence-electron chi connectivity index (χ3n) is 4.66. The molecule has 0 heterocycles. The molecule has 0 N–H and O–H groups in total. The van der Waals surface area contributed by atoms with Crippen LogP contribution in [0.1, 0.15) is 38.5 Å². The van der Waals surface area contributed by atoms with Crippen molar-refractivity contribution in [1.29, 1.82) is 0 Å². The molecule has 0 saturated heterocycles. The van der Waals surface area contributed by atoms with Crippen molar-refractivity contribution < 1.29 is 4.74 Å². The van der Waals surface area contributed by atoms with Crippen molar-refractivity contribution in [3.8, 4) is 0 Å². The van der Waals surface area contributed by atoms with Crippen LogP contribution in [0, 0.1) is 17.8 Å². The van der Waals surface area contributed by atoms with E-state index in [1.54, 1.807) is 0 Å². The molecule has 0 amide bonds. The van der Waals surface area contributed by atoms with Crippen LogP contribution in [0.5, 0.6) is 0 Å². The molecule has 88 valence electrons. The number of thiocarbonyl (C=S) groups is 1. The van der Waals surface area contributed by atoms with Crippen LogP contribution in [0.2, 0.25) is 0 Å². The molecule has 4 saturated carbocycles. The van der Waals surface area contributed by atoms with E-state index in [1.807, 2.05) is 0 Å². The highest BCUT2D eigenvalue weighted by Gasteiger charge is 2.51. The molecule has 0 aliphatic heterocycles. The maximum Gasteiger partial charge on any atom is 0.0727 e. The average Bonchev–Trinajstić information content (AvgIpc) is 2.22. The fourth-order valence-electron chi connectivity index (χ4n) is 4.56. The summed E-state index contributed by atoms with van der Waals surface area (Å²) >= 11 is 4.56. The predicted octanol–water partition coefficient (Wildman–Crippen LogP) is 3.07. The second-order valence-corrected chi connectivity index (χ2v) is 6.10. The maximum absolute atomic E-state index is 6.16. The standard InChI is InChI=1S/C13H19NOS/c16-9-14-1-2-15-13-6-10-3-11(7-13)5-12(4-10)8-13/h10-12H,1-8H2. The van der Waals surface area contributed by atoms with Crippen molar-refractivity contribution in [1.82, 2.24) is 0 Å². The molecule has 4 aliphatic rings. The average molecular weight is 237 g/mol. The van der Waals surface area contributed by atoms with Crippen molar-refractivity contribution in [2.45, 2.75) is 44.1 Å². The van der Waals surface area contributed by atoms with Crippen molar-refractivity contribution in [3.63, 3.8) is 0 Å². The van der Waals surface area contributed by atoms with Gasteiger partial charge < -0.3 is 4.74 Å². The predicted molar refractivity (Wildman–Crippen MR) is 66.7 cm³/mol. The summed E-state index contributed by atoms with van der Waals surface area (Å²) in [7, 11) is 0. The minimum atomic E-state index is 0.228. The van der Waals surface area contributed by atoms with Gasteiger partial charge in [-0.25, -0.2) is 4.99 Å². The van der Waals surface area contributed by atoms with E-state index >= 15 is 0 Å². The summed E-state index contributed by atoms with van der Waals surface area (Å²) in [6.07, 6.45) is 8.34. The van der Waals surface area contributed by atoms with Crippen molar-refractivity contribution >= 4 is 17.4 Å². The normalized spacial score (nSPS) is 44.4. The first kappa shape index (κ1) is 10.9. The van der Waals surface area contributed by atoms with Gasteiger partial charge in [0, 0.05) is 0 Å². The van der Waals surface area contributed by atoms with E-state index in [4.69, 9.17) is 4.74 Å². The summed E-state index contributed by atoms with van der Waals surface area (Å²) in [6, 6.07) is 0. The van der Waals surface area contributed by atoms with Crippen molar-refractivity contribution in [2.24, 2.45) is 22.7 Å². The van der Waals surface area contributed by atoms with Gasteiger partial charge in [-0.1, -0.05) is 0 Å². The first-order valence-electron chi connectivity index (χ1n) is 6.47. The fourth-order valence-corrected chi connectivity index (χ4v) is 4.65. The van der Waals surface area contributed by atoms with Gasteiger partial charge in [0.2, 0.25) is 0 Å². The van der Waals surface area contributed by atoms with Crippen LogP contribution < -0.4 is 0 Å². The number of rotatable bonds is 4. The Morgan fingerprint density at radius 2 is 1.69 bits per heavy atom. The highest BCUT2D eigenvalue weighted by atomic mass is 32.1. The quantitative estimate of drug-likeness (QED) is 0.426. The molecule has 4 rings (SSSR count). The Morgan fingerprint density at radius 3 is 2.19 bits per heavy atom. The van der Waals surface area contributed by atoms with E-state index in [0.29, 0.717) is 6.54 Å². The Balaban J connectivity index is 1.62. The molecule has 4 aliphatic carbocycles. The topological polar surface area (TPSA) is 21.6 Å². The molecular formula is C13H19NOS. The molecule has 4 bridgehead atoms. The molecule has 16 heavy (non-hydrogen) atoms. The van der Waals surface area contributed by atoms with Gasteiger partial charge in [-0.05, 0) is 68.5 Å². The lowest BCUT2D eigenvalue weighted by Crippen LogP contribution is -2.52. The van der Waals surface area contributed by atoms with Crippen molar-refractivity contribution in [2.75, 3.05) is 13.2 Å². The minimum Gasteiger partial charge on any atom is -0.373 e. The first-order chi connectivity index (χ1) is 7.80. The number of hydrogen-bond acceptors (Lipinski definition) is 3. The van der Waals surface area contributed by atoms with Gasteiger partial charge in [0.1, 0.15) is 0 Å². The molecule has 0 radical (unpaired) electrons. The zero-order valence-corrected chi connectivity index (χ0v) is 10.5. The second kappa shape index (κ2) is 4.21. The lowest BCUT2D eigenvalue weighted by molar-refractivity contribution is -0.160. The molecule has 0 atom stereocenters. The summed E-state index contributed by atoms with van der Waals surface area (Å²) in [5, 5.41) is 2.40. The van der Waals surface area contributed by atoms with Crippen LogP contribution in [0.15, 0.2) is 4.99 Å². The summed E-state index contributed by atoms with van der Waals surface area (Å²) in [4.78, 5) is 3.93. The number of nitrogens with zero attached hydrogens (tertiary/aromatic N) is 1. The molecule has 0 aromatic rings. The Hall–Kier alpha value is -0.240. The summed E-state index contributed by atoms with van der Waals surface area (Å²) in [5.41, 5.74) is 0.228. The molecule has 0 unspecified atom stereocenters. The van der Waals surface area contributed by atoms with E-state index in [-0.39, 0.29) is 5.60 Å². The molecule has 3 heteroatoms. The zero-order valence-electron chi connectivity index (χ0n) is 9.65. The summed E-state index contributed by atoms with van der Waals surface area (Å²) in [6.45, 7) is 1.42. The van der Waals surface area contributed by atoms with Gasteiger partial charge in [0.25, 0.3) is 0 Å². The van der Waals surface area contributed by atoms with Gasteiger partial charge in [-0.15, -0.1) is 0 Å². The molecular weight excluding hydrogens is 218 g/mol. The molecule has 2 nitrogen and oxygen atoms in total. The molecule has 0 spiro atoms. The van der Waals surface area contributed by atoms with Gasteiger partial charge in [-0.3, -0.25) is 0 Å². The third-order valence-corrected chi connectivity index (χ3v) is 4.79. The summed E-state index contributed by atoms with van der Waals surface area (Å²) < 4.78 is 6.16. The van der Waals surface area contributed by atoms with Crippen molar-refractivity contribution in [3.05, 3.63) is 0 Å². The van der Waals surface area contributed by atoms with Crippen LogP contribution in [0.25, 0.3) is 0 Å². The van der Waals surface area contributed by atoms with Gasteiger partial charge in [0.15, 0.2) is 0 Å². The SMILES string of the molecule is S=C=NCCOC12CC3CC(CC(C3)C1)C2. The highest BCUT2D eigenvalue weighted by Crippen LogP contribution is 2.56. The first-order valence-corrected chi connectivity index (χ1v) is 6.88. The molecule has 0 aromatic heterocycles. The number of hydrogen-bond donors (Lipinski definition) is 0. The zero-order chi connectivity index (χ0) is 11.0. The van der Waals surface area contributed by atoms with E-state index in [9.17, 15) is 0 Å². The number of ether oxygens (including phenoxy) is 1. The number of isothiocyanates is 1. The third kappa shape index (κ3) is 1.97. The largest absolute Gasteiger partial charge is 0.373 e. The van der Waals surface area contributed by atoms with Crippen LogP contribution in [-0.4, -0.2) is 23.9 Å². The Kier molecular flexibility index (Phi) is 2.87.